The highest BCUT2D eigenvalue weighted by atomic mass is 16.5. The lowest BCUT2D eigenvalue weighted by atomic mass is 10.0. The lowest BCUT2D eigenvalue weighted by molar-refractivity contribution is -0.133. The zero-order chi connectivity index (χ0) is 16.7. The second kappa shape index (κ2) is 9.01. The average molecular weight is 320 g/mol. The van der Waals surface area contributed by atoms with Crippen LogP contribution in [0.3, 0.4) is 0 Å². The minimum Gasteiger partial charge on any atom is -0.392 e. The van der Waals surface area contributed by atoms with Gasteiger partial charge >= 0.3 is 0 Å². The van der Waals surface area contributed by atoms with Crippen molar-refractivity contribution in [1.82, 2.24) is 10.2 Å². The highest BCUT2D eigenvalue weighted by molar-refractivity contribution is 5.76. The summed E-state index contributed by atoms with van der Waals surface area (Å²) < 4.78 is 4.97. The van der Waals surface area contributed by atoms with Crippen LogP contribution >= 0.6 is 0 Å². The van der Waals surface area contributed by atoms with Gasteiger partial charge in [-0.05, 0) is 30.9 Å². The number of methoxy groups -OCH3 is 1. The molecule has 1 amide bonds. The number of rotatable bonds is 7. The van der Waals surface area contributed by atoms with Gasteiger partial charge in [-0.2, -0.15) is 0 Å². The van der Waals surface area contributed by atoms with Gasteiger partial charge in [-0.15, -0.1) is 0 Å². The number of hydrogen-bond donors (Lipinski definition) is 2. The zero-order valence-electron chi connectivity index (χ0n) is 14.1. The van der Waals surface area contributed by atoms with Crippen molar-refractivity contribution in [2.24, 2.45) is 0 Å². The average Bonchev–Trinajstić information content (AvgIpc) is 2.60. The van der Waals surface area contributed by atoms with Crippen LogP contribution in [0, 0.1) is 0 Å². The first kappa shape index (κ1) is 17.9. The smallest absolute Gasteiger partial charge is 0.224 e. The summed E-state index contributed by atoms with van der Waals surface area (Å²) in [7, 11) is 1.62. The molecule has 1 aromatic rings. The fourth-order valence-corrected chi connectivity index (χ4v) is 3.05. The number of amides is 1. The lowest BCUT2D eigenvalue weighted by Gasteiger charge is -2.34. The van der Waals surface area contributed by atoms with Crippen LogP contribution in [0.25, 0.3) is 0 Å². The first-order chi connectivity index (χ1) is 11.1. The molecule has 1 aromatic carbocycles. The van der Waals surface area contributed by atoms with Gasteiger partial charge in [-0.3, -0.25) is 4.79 Å². The Balaban J connectivity index is 1.80. The van der Waals surface area contributed by atoms with Crippen molar-refractivity contribution < 1.29 is 14.6 Å². The number of carbonyl (C=O) groups is 1. The molecule has 1 fully saturated rings. The van der Waals surface area contributed by atoms with E-state index in [0.29, 0.717) is 19.1 Å². The van der Waals surface area contributed by atoms with Crippen LogP contribution in [0.2, 0.25) is 0 Å². The van der Waals surface area contributed by atoms with E-state index in [1.54, 1.807) is 7.11 Å². The minimum absolute atomic E-state index is 0.0720. The Kier molecular flexibility index (Phi) is 7.02. The van der Waals surface area contributed by atoms with Gasteiger partial charge in [0.15, 0.2) is 0 Å². The molecule has 1 heterocycles. The van der Waals surface area contributed by atoms with Crippen molar-refractivity contribution in [3.05, 3.63) is 35.4 Å². The van der Waals surface area contributed by atoms with E-state index in [4.69, 9.17) is 4.74 Å². The van der Waals surface area contributed by atoms with Crippen molar-refractivity contribution in [3.8, 4) is 0 Å². The van der Waals surface area contributed by atoms with Gasteiger partial charge in [0.2, 0.25) is 5.91 Å². The Bertz CT molecular complexity index is 499. The number of ether oxygens (including phenoxy) is 1. The third-order valence-electron chi connectivity index (χ3n) is 4.49. The second-order valence-corrected chi connectivity index (χ2v) is 6.19. The Hall–Kier alpha value is -1.43. The molecule has 0 radical (unpaired) electrons. The fraction of sp³-hybridized carbons (Fsp3) is 0.611. The molecular formula is C18H28N2O3. The van der Waals surface area contributed by atoms with Gasteiger partial charge in [-0.25, -0.2) is 0 Å². The summed E-state index contributed by atoms with van der Waals surface area (Å²) in [4.78, 5) is 13.9. The van der Waals surface area contributed by atoms with Crippen LogP contribution in [-0.4, -0.2) is 48.8 Å². The van der Waals surface area contributed by atoms with Crippen LogP contribution in [0.15, 0.2) is 24.3 Å². The molecular weight excluding hydrogens is 292 g/mol. The maximum absolute atomic E-state index is 12.0. The summed E-state index contributed by atoms with van der Waals surface area (Å²) in [6.45, 7) is 4.33. The van der Waals surface area contributed by atoms with Gasteiger partial charge in [0.1, 0.15) is 0 Å². The predicted octanol–water partition coefficient (Wildman–Crippen LogP) is 1.86. The summed E-state index contributed by atoms with van der Waals surface area (Å²) in [5, 5.41) is 12.9. The molecule has 1 unspecified atom stereocenters. The molecule has 2 rings (SSSR count). The molecule has 5 heteroatoms. The molecule has 0 aliphatic carbocycles. The molecule has 0 bridgehead atoms. The summed E-state index contributed by atoms with van der Waals surface area (Å²) in [6, 6.07) is 8.70. The van der Waals surface area contributed by atoms with Gasteiger partial charge in [-0.1, -0.05) is 24.3 Å². The summed E-state index contributed by atoms with van der Waals surface area (Å²) >= 11 is 0. The van der Waals surface area contributed by atoms with Crippen LogP contribution < -0.4 is 5.32 Å². The van der Waals surface area contributed by atoms with E-state index in [9.17, 15) is 9.90 Å². The number of benzene rings is 1. The Morgan fingerprint density at radius 3 is 2.83 bits per heavy atom. The van der Waals surface area contributed by atoms with E-state index in [2.05, 4.69) is 18.3 Å². The van der Waals surface area contributed by atoms with Crippen LogP contribution in [0.4, 0.5) is 0 Å². The molecule has 0 spiro atoms. The SMILES string of the molecule is COCCC(=O)N1CCC(NC(C)c2cccc(CO)c2)CC1. The summed E-state index contributed by atoms with van der Waals surface area (Å²) in [5.74, 6) is 0.189. The van der Waals surface area contributed by atoms with E-state index in [1.165, 1.54) is 5.56 Å². The second-order valence-electron chi connectivity index (χ2n) is 6.19. The molecule has 1 aliphatic rings. The highest BCUT2D eigenvalue weighted by Crippen LogP contribution is 2.19. The number of hydrogen-bond acceptors (Lipinski definition) is 4. The number of nitrogens with zero attached hydrogens (tertiary/aromatic N) is 1. The Morgan fingerprint density at radius 2 is 2.17 bits per heavy atom. The minimum atomic E-state index is 0.0720. The number of likely N-dealkylation sites (tertiary alicyclic amines) is 1. The number of nitrogens with one attached hydrogen (secondary N) is 1. The van der Waals surface area contributed by atoms with E-state index in [1.807, 2.05) is 23.1 Å². The molecule has 0 saturated carbocycles. The fourth-order valence-electron chi connectivity index (χ4n) is 3.05. The Labute approximate surface area is 138 Å². The van der Waals surface area contributed by atoms with E-state index < -0.39 is 0 Å². The largest absolute Gasteiger partial charge is 0.392 e. The first-order valence-corrected chi connectivity index (χ1v) is 8.36. The van der Waals surface area contributed by atoms with Gasteiger partial charge in [0, 0.05) is 32.3 Å². The van der Waals surface area contributed by atoms with Crippen molar-refractivity contribution >= 4 is 5.91 Å². The van der Waals surface area contributed by atoms with E-state index >= 15 is 0 Å². The number of piperidine rings is 1. The number of carbonyl (C=O) groups excluding carboxylic acids is 1. The molecule has 23 heavy (non-hydrogen) atoms. The van der Waals surface area contributed by atoms with Crippen LogP contribution in [0.1, 0.15) is 43.4 Å². The molecule has 2 N–H and O–H groups in total. The molecule has 1 saturated heterocycles. The monoisotopic (exact) mass is 320 g/mol. The van der Waals surface area contributed by atoms with Crippen LogP contribution in [-0.2, 0) is 16.1 Å². The van der Waals surface area contributed by atoms with E-state index in [-0.39, 0.29) is 18.6 Å². The Morgan fingerprint density at radius 1 is 1.43 bits per heavy atom. The molecule has 5 nitrogen and oxygen atoms in total. The topological polar surface area (TPSA) is 61.8 Å². The standard InChI is InChI=1S/C18H28N2O3/c1-14(16-5-3-4-15(12-16)13-21)19-17-6-9-20(10-7-17)18(22)8-11-23-2/h3-5,12,14,17,19,21H,6-11,13H2,1-2H3. The number of aliphatic hydroxyl groups is 1. The molecule has 0 aromatic heterocycles. The van der Waals surface area contributed by atoms with Gasteiger partial charge in [0.25, 0.3) is 0 Å². The van der Waals surface area contributed by atoms with Crippen molar-refractivity contribution in [2.45, 2.75) is 44.9 Å². The normalized spacial score (nSPS) is 17.3. The first-order valence-electron chi connectivity index (χ1n) is 8.36. The third-order valence-corrected chi connectivity index (χ3v) is 4.49. The highest BCUT2D eigenvalue weighted by Gasteiger charge is 2.23. The summed E-state index contributed by atoms with van der Waals surface area (Å²) in [6.07, 6.45) is 2.42. The molecule has 1 atom stereocenters. The van der Waals surface area contributed by atoms with E-state index in [0.717, 1.165) is 31.5 Å². The quantitative estimate of drug-likeness (QED) is 0.805. The maximum Gasteiger partial charge on any atom is 0.224 e. The van der Waals surface area contributed by atoms with Crippen molar-refractivity contribution in [1.29, 1.82) is 0 Å². The number of aliphatic hydroxyl groups excluding tert-OH is 1. The maximum atomic E-state index is 12.0. The summed E-state index contributed by atoms with van der Waals surface area (Å²) in [5.41, 5.74) is 2.13. The molecule has 128 valence electrons. The zero-order valence-corrected chi connectivity index (χ0v) is 14.1. The van der Waals surface area contributed by atoms with Gasteiger partial charge in [0.05, 0.1) is 19.6 Å². The third kappa shape index (κ3) is 5.30. The predicted molar refractivity (Wildman–Crippen MR) is 90.0 cm³/mol. The molecule has 1 aliphatic heterocycles. The van der Waals surface area contributed by atoms with Crippen LogP contribution in [0.5, 0.6) is 0 Å². The van der Waals surface area contributed by atoms with Gasteiger partial charge < -0.3 is 20.1 Å². The van der Waals surface area contributed by atoms with Crippen molar-refractivity contribution in [2.75, 3.05) is 26.8 Å². The van der Waals surface area contributed by atoms with Crippen molar-refractivity contribution in [3.63, 3.8) is 0 Å². The lowest BCUT2D eigenvalue weighted by Crippen LogP contribution is -2.45.